The normalized spacial score (nSPS) is 11.9. The van der Waals surface area contributed by atoms with Gasteiger partial charge >= 0.3 is 0 Å². The van der Waals surface area contributed by atoms with E-state index >= 15 is 0 Å². The number of hydrogen-bond donors (Lipinski definition) is 0. The molecule has 10 aromatic rings. The maximum Gasteiger partial charge on any atom is 0.163 e. The van der Waals surface area contributed by atoms with E-state index in [9.17, 15) is 0 Å². The minimum absolute atomic E-state index is 0.647. The van der Waals surface area contributed by atoms with E-state index in [-0.39, 0.29) is 0 Å². The van der Waals surface area contributed by atoms with Crippen molar-refractivity contribution in [2.45, 2.75) is 0 Å². The van der Waals surface area contributed by atoms with Crippen LogP contribution in [0.4, 0.5) is 0 Å². The van der Waals surface area contributed by atoms with Gasteiger partial charge in [-0.2, -0.15) is 0 Å². The molecule has 0 atom stereocenters. The number of benzene rings is 6. The van der Waals surface area contributed by atoms with Crippen molar-refractivity contribution >= 4 is 59.9 Å². The van der Waals surface area contributed by atoms with Crippen molar-refractivity contribution in [2.24, 2.45) is 0 Å². The van der Waals surface area contributed by atoms with Gasteiger partial charge in [-0.1, -0.05) is 103 Å². The van der Waals surface area contributed by atoms with Gasteiger partial charge in [-0.15, -0.1) is 0 Å². The Morgan fingerprint density at radius 3 is 1.87 bits per heavy atom. The summed E-state index contributed by atoms with van der Waals surface area (Å²) >= 11 is 0. The van der Waals surface area contributed by atoms with Crippen LogP contribution in [0.3, 0.4) is 0 Å². The van der Waals surface area contributed by atoms with Gasteiger partial charge in [-0.3, -0.25) is 0 Å². The highest BCUT2D eigenvalue weighted by atomic mass is 15.0. The summed E-state index contributed by atoms with van der Waals surface area (Å²) in [7, 11) is 0. The first-order chi connectivity index (χ1) is 22.8. The van der Waals surface area contributed by atoms with E-state index in [0.717, 1.165) is 27.8 Å². The quantitative estimate of drug-likeness (QED) is 0.193. The number of nitrogens with zero attached hydrogens (tertiary/aromatic N) is 5. The number of rotatable bonds is 3. The molecule has 214 valence electrons. The fourth-order valence-electron chi connectivity index (χ4n) is 7.18. The fraction of sp³-hybridized carbons (Fsp3) is 0. The Balaban J connectivity index is 1.27. The van der Waals surface area contributed by atoms with Crippen LogP contribution in [0.25, 0.3) is 88.4 Å². The first kappa shape index (κ1) is 25.0. The van der Waals surface area contributed by atoms with E-state index in [2.05, 4.69) is 134 Å². The Bertz CT molecular complexity index is 2810. The molecule has 0 fully saturated rings. The Morgan fingerprint density at radius 1 is 0.391 bits per heavy atom. The van der Waals surface area contributed by atoms with Crippen molar-refractivity contribution in [1.82, 2.24) is 23.9 Å². The van der Waals surface area contributed by atoms with Gasteiger partial charge in [0, 0.05) is 43.7 Å². The molecule has 0 saturated carbocycles. The van der Waals surface area contributed by atoms with E-state index in [1.165, 1.54) is 48.9 Å². The van der Waals surface area contributed by atoms with Gasteiger partial charge in [0.2, 0.25) is 0 Å². The monoisotopic (exact) mass is 587 g/mol. The van der Waals surface area contributed by atoms with E-state index in [1.807, 2.05) is 30.3 Å². The van der Waals surface area contributed by atoms with Crippen LogP contribution in [-0.4, -0.2) is 23.9 Å². The van der Waals surface area contributed by atoms with Crippen LogP contribution in [0.15, 0.2) is 152 Å². The maximum atomic E-state index is 4.85. The zero-order valence-corrected chi connectivity index (χ0v) is 24.7. The Hall–Kier alpha value is -6.33. The van der Waals surface area contributed by atoms with Gasteiger partial charge in [-0.25, -0.2) is 15.0 Å². The van der Waals surface area contributed by atoms with Gasteiger partial charge in [0.1, 0.15) is 6.33 Å². The summed E-state index contributed by atoms with van der Waals surface area (Å²) < 4.78 is 4.81. The first-order valence-corrected chi connectivity index (χ1v) is 15.4. The molecular weight excluding hydrogens is 562 g/mol. The Labute approximate surface area is 263 Å². The standard InChI is InChI=1S/C41H25N5/c1-2-11-26(12-3-1)40-42-25-43-41(44-40)28-14-10-15-29(21-28)45-36-20-9-7-18-32(36)34-23-33-30-16-5-6-17-31(30)37-22-27-13-4-8-19-35(27)46(37)39(33)24-38(34)45/h1-25H. The SMILES string of the molecule is c1ccc(-c2ncnc(-c3cccc(-n4c5ccccc5c5cc6c7ccccc7c7cc8ccccc8n7c6cc54)c3)n2)cc1. The molecule has 0 unspecified atom stereocenters. The summed E-state index contributed by atoms with van der Waals surface area (Å²) in [6, 6.07) is 51.7. The minimum atomic E-state index is 0.647. The smallest absolute Gasteiger partial charge is 0.163 e. The predicted molar refractivity (Wildman–Crippen MR) is 189 cm³/mol. The molecule has 46 heavy (non-hydrogen) atoms. The first-order valence-electron chi connectivity index (χ1n) is 15.4. The summed E-state index contributed by atoms with van der Waals surface area (Å²) in [6.07, 6.45) is 1.60. The summed E-state index contributed by atoms with van der Waals surface area (Å²) in [5.74, 6) is 1.31. The molecule has 0 bridgehead atoms. The van der Waals surface area contributed by atoms with Gasteiger partial charge in [0.15, 0.2) is 11.6 Å². The van der Waals surface area contributed by atoms with E-state index in [4.69, 9.17) is 4.98 Å². The Kier molecular flexibility index (Phi) is 5.22. The third-order valence-corrected chi connectivity index (χ3v) is 9.20. The van der Waals surface area contributed by atoms with Crippen molar-refractivity contribution in [3.8, 4) is 28.5 Å². The lowest BCUT2D eigenvalue weighted by Crippen LogP contribution is -1.98. The second-order valence-corrected chi connectivity index (χ2v) is 11.8. The molecule has 6 aromatic carbocycles. The van der Waals surface area contributed by atoms with Crippen LogP contribution in [-0.2, 0) is 0 Å². The molecule has 0 N–H and O–H groups in total. The minimum Gasteiger partial charge on any atom is -0.309 e. The maximum absolute atomic E-state index is 4.85. The van der Waals surface area contributed by atoms with Crippen LogP contribution >= 0.6 is 0 Å². The van der Waals surface area contributed by atoms with Crippen LogP contribution in [0.2, 0.25) is 0 Å². The molecule has 0 radical (unpaired) electrons. The molecule has 0 aliphatic carbocycles. The molecule has 4 aromatic heterocycles. The van der Waals surface area contributed by atoms with Crippen LogP contribution in [0.1, 0.15) is 0 Å². The predicted octanol–water partition coefficient (Wildman–Crippen LogP) is 10.0. The molecule has 10 rings (SSSR count). The average Bonchev–Trinajstić information content (AvgIpc) is 3.68. The van der Waals surface area contributed by atoms with Gasteiger partial charge in [0.05, 0.1) is 27.6 Å². The lowest BCUT2D eigenvalue weighted by Gasteiger charge is -2.13. The van der Waals surface area contributed by atoms with E-state index in [0.29, 0.717) is 11.6 Å². The lowest BCUT2D eigenvalue weighted by molar-refractivity contribution is 1.06. The topological polar surface area (TPSA) is 48.0 Å². The second-order valence-electron chi connectivity index (χ2n) is 11.8. The molecule has 0 aliphatic heterocycles. The van der Waals surface area contributed by atoms with Gasteiger partial charge < -0.3 is 8.97 Å². The fourth-order valence-corrected chi connectivity index (χ4v) is 7.18. The summed E-state index contributed by atoms with van der Waals surface area (Å²) in [6.45, 7) is 0. The van der Waals surface area contributed by atoms with Crippen LogP contribution in [0, 0.1) is 0 Å². The molecule has 5 heteroatoms. The molecule has 5 nitrogen and oxygen atoms in total. The van der Waals surface area contributed by atoms with Crippen LogP contribution in [0.5, 0.6) is 0 Å². The van der Waals surface area contributed by atoms with E-state index in [1.54, 1.807) is 6.33 Å². The van der Waals surface area contributed by atoms with Crippen molar-refractivity contribution in [1.29, 1.82) is 0 Å². The average molecular weight is 588 g/mol. The summed E-state index contributed by atoms with van der Waals surface area (Å²) in [4.78, 5) is 13.9. The van der Waals surface area contributed by atoms with Gasteiger partial charge in [-0.05, 0) is 47.9 Å². The van der Waals surface area contributed by atoms with Crippen molar-refractivity contribution in [3.63, 3.8) is 0 Å². The third-order valence-electron chi connectivity index (χ3n) is 9.20. The number of aromatic nitrogens is 5. The molecular formula is C41H25N5. The number of hydrogen-bond acceptors (Lipinski definition) is 3. The highest BCUT2D eigenvalue weighted by Gasteiger charge is 2.18. The number of fused-ring (bicyclic) bond motifs is 11. The van der Waals surface area contributed by atoms with E-state index < -0.39 is 0 Å². The van der Waals surface area contributed by atoms with Crippen LogP contribution < -0.4 is 0 Å². The van der Waals surface area contributed by atoms with Crippen molar-refractivity contribution < 1.29 is 0 Å². The van der Waals surface area contributed by atoms with Crippen molar-refractivity contribution in [2.75, 3.05) is 0 Å². The van der Waals surface area contributed by atoms with Crippen molar-refractivity contribution in [3.05, 3.63) is 152 Å². The highest BCUT2D eigenvalue weighted by Crippen LogP contribution is 2.40. The number of pyridine rings is 1. The lowest BCUT2D eigenvalue weighted by atomic mass is 10.0. The highest BCUT2D eigenvalue weighted by molar-refractivity contribution is 6.21. The third kappa shape index (κ3) is 3.60. The zero-order chi connectivity index (χ0) is 30.2. The second kappa shape index (κ2) is 9.58. The zero-order valence-electron chi connectivity index (χ0n) is 24.7. The molecule has 0 saturated heterocycles. The molecule has 0 amide bonds. The molecule has 0 aliphatic rings. The Morgan fingerprint density at radius 2 is 1.02 bits per heavy atom. The molecule has 4 heterocycles. The largest absolute Gasteiger partial charge is 0.309 e. The summed E-state index contributed by atoms with van der Waals surface area (Å²) in [5, 5.41) is 7.44. The summed E-state index contributed by atoms with van der Waals surface area (Å²) in [5.41, 5.74) is 8.89. The number of para-hydroxylation sites is 2. The van der Waals surface area contributed by atoms with Gasteiger partial charge in [0.25, 0.3) is 0 Å². The molecule has 0 spiro atoms.